The monoisotopic (exact) mass is 260 g/mol. The van der Waals surface area contributed by atoms with Crippen LogP contribution in [-0.4, -0.2) is 18.0 Å². The molecule has 1 heterocycles. The third-order valence-electron chi connectivity index (χ3n) is 1.14. The Kier molecular flexibility index (Phi) is 14.7. The molecule has 0 radical (unpaired) electrons. The van der Waals surface area contributed by atoms with Gasteiger partial charge in [0, 0.05) is 5.75 Å². The molecule has 0 fully saturated rings. The van der Waals surface area contributed by atoms with Crippen LogP contribution in [0.25, 0.3) is 0 Å². The summed E-state index contributed by atoms with van der Waals surface area (Å²) in [6, 6.07) is 0. The van der Waals surface area contributed by atoms with Gasteiger partial charge in [-0.3, -0.25) is 0 Å². The minimum atomic E-state index is 0. The molecule has 1 rings (SSSR count). The Hall–Kier alpha value is 1.84. The van der Waals surface area contributed by atoms with Crippen LogP contribution in [0.2, 0.25) is 0 Å². The van der Waals surface area contributed by atoms with Gasteiger partial charge < -0.3 is 9.84 Å². The summed E-state index contributed by atoms with van der Waals surface area (Å²) in [5.41, 5.74) is 0. The molecule has 0 N–H and O–H groups in total. The van der Waals surface area contributed by atoms with Gasteiger partial charge in [0.15, 0.2) is 0 Å². The standard InChI is InChI=1S/C7H12O2S2.C2H6.K/c1-5(2)9-6-3-7(8)11-10-4-6;1-2;/h3,5-6,8H,4H2,1-2H3;1-2H3;/q;;+1/p-1. The smallest absolute Gasteiger partial charge is 0.867 e. The van der Waals surface area contributed by atoms with Gasteiger partial charge in [-0.15, -0.1) is 0 Å². The molecule has 78 valence electrons. The van der Waals surface area contributed by atoms with Crippen molar-refractivity contribution in [1.29, 1.82) is 0 Å². The van der Waals surface area contributed by atoms with E-state index in [1.165, 1.54) is 10.8 Å². The molecule has 2 nitrogen and oxygen atoms in total. The zero-order valence-electron chi connectivity index (χ0n) is 9.57. The van der Waals surface area contributed by atoms with E-state index >= 15 is 0 Å². The van der Waals surface area contributed by atoms with E-state index in [-0.39, 0.29) is 68.7 Å². The summed E-state index contributed by atoms with van der Waals surface area (Å²) in [7, 11) is 2.86. The first-order valence-corrected chi connectivity index (χ1v) is 6.84. The van der Waals surface area contributed by atoms with Crippen LogP contribution in [0, 0.1) is 0 Å². The summed E-state index contributed by atoms with van der Waals surface area (Å²) in [5.74, 6) is 0.884. The number of hydrogen-bond acceptors (Lipinski definition) is 4. The Morgan fingerprint density at radius 3 is 2.50 bits per heavy atom. The topological polar surface area (TPSA) is 32.3 Å². The van der Waals surface area contributed by atoms with Gasteiger partial charge >= 0.3 is 51.4 Å². The maximum atomic E-state index is 10.9. The third-order valence-corrected chi connectivity index (χ3v) is 3.28. The summed E-state index contributed by atoms with van der Waals surface area (Å²) in [5, 5.41) is 11.0. The third kappa shape index (κ3) is 9.09. The molecule has 1 unspecified atom stereocenters. The summed E-state index contributed by atoms with van der Waals surface area (Å²) in [6.07, 6.45) is 1.88. The second kappa shape index (κ2) is 11.3. The van der Waals surface area contributed by atoms with E-state index in [9.17, 15) is 5.11 Å². The molecular weight excluding hydrogens is 243 g/mol. The largest absolute Gasteiger partial charge is 1.00 e. The molecular formula is C9H17KO2S2. The van der Waals surface area contributed by atoms with E-state index in [0.29, 0.717) is 0 Å². The van der Waals surface area contributed by atoms with Crippen LogP contribution in [0.15, 0.2) is 11.2 Å². The van der Waals surface area contributed by atoms with E-state index in [0.717, 1.165) is 5.75 Å². The Balaban J connectivity index is 0. The fourth-order valence-corrected chi connectivity index (χ4v) is 2.64. The predicted molar refractivity (Wildman–Crippen MR) is 59.5 cm³/mol. The average Bonchev–Trinajstić information content (AvgIpc) is 2.06. The molecule has 1 aliphatic heterocycles. The maximum Gasteiger partial charge on any atom is 1.00 e. The fourth-order valence-electron chi connectivity index (χ4n) is 0.815. The summed E-state index contributed by atoms with van der Waals surface area (Å²) in [6.45, 7) is 7.95. The van der Waals surface area contributed by atoms with Crippen molar-refractivity contribution in [3.8, 4) is 0 Å². The average molecular weight is 260 g/mol. The molecule has 0 bridgehead atoms. The van der Waals surface area contributed by atoms with E-state index in [1.54, 1.807) is 16.9 Å². The van der Waals surface area contributed by atoms with Gasteiger partial charge in [-0.25, -0.2) is 0 Å². The van der Waals surface area contributed by atoms with Crippen molar-refractivity contribution in [2.24, 2.45) is 0 Å². The molecule has 1 atom stereocenters. The minimum Gasteiger partial charge on any atom is -0.867 e. The van der Waals surface area contributed by atoms with Gasteiger partial charge in [0.05, 0.1) is 12.2 Å². The Labute approximate surface area is 137 Å². The molecule has 0 aliphatic carbocycles. The van der Waals surface area contributed by atoms with Crippen molar-refractivity contribution in [2.75, 3.05) is 5.75 Å². The van der Waals surface area contributed by atoms with Crippen LogP contribution in [0.5, 0.6) is 0 Å². The van der Waals surface area contributed by atoms with Gasteiger partial charge in [-0.05, 0) is 13.8 Å². The SMILES string of the molecule is CC.CC(C)OC1C=C([O-])SSC1.[K+]. The zero-order valence-corrected chi connectivity index (χ0v) is 14.3. The first-order chi connectivity index (χ1) is 6.18. The van der Waals surface area contributed by atoms with Crippen LogP contribution >= 0.6 is 21.6 Å². The second-order valence-corrected chi connectivity index (χ2v) is 4.92. The molecule has 14 heavy (non-hydrogen) atoms. The van der Waals surface area contributed by atoms with Gasteiger partial charge in [0.2, 0.25) is 0 Å². The Morgan fingerprint density at radius 1 is 1.50 bits per heavy atom. The van der Waals surface area contributed by atoms with Crippen LogP contribution in [0.1, 0.15) is 27.7 Å². The van der Waals surface area contributed by atoms with E-state index in [2.05, 4.69) is 0 Å². The normalized spacial score (nSPS) is 20.4. The molecule has 1 aliphatic rings. The van der Waals surface area contributed by atoms with Gasteiger partial charge in [0.25, 0.3) is 0 Å². The molecule has 0 saturated carbocycles. The van der Waals surface area contributed by atoms with Crippen molar-refractivity contribution in [3.63, 3.8) is 0 Å². The summed E-state index contributed by atoms with van der Waals surface area (Å²) >= 11 is 0. The first kappa shape index (κ1) is 18.2. The molecule has 5 heteroatoms. The van der Waals surface area contributed by atoms with Crippen molar-refractivity contribution in [1.82, 2.24) is 0 Å². The molecule has 0 aromatic carbocycles. The quantitative estimate of drug-likeness (QED) is 0.491. The fraction of sp³-hybridized carbons (Fsp3) is 0.778. The zero-order chi connectivity index (χ0) is 10.3. The van der Waals surface area contributed by atoms with Gasteiger partial charge in [-0.2, -0.15) is 0 Å². The van der Waals surface area contributed by atoms with Crippen LogP contribution in [-0.2, 0) is 4.74 Å². The maximum absolute atomic E-state index is 10.9. The van der Waals surface area contributed by atoms with Crippen LogP contribution in [0.4, 0.5) is 0 Å². The van der Waals surface area contributed by atoms with Crippen molar-refractivity contribution in [3.05, 3.63) is 11.2 Å². The van der Waals surface area contributed by atoms with Crippen LogP contribution < -0.4 is 56.5 Å². The molecule has 0 aromatic rings. The Morgan fingerprint density at radius 2 is 2.07 bits per heavy atom. The molecule has 0 aromatic heterocycles. The second-order valence-electron chi connectivity index (χ2n) is 2.58. The minimum absolute atomic E-state index is 0. The van der Waals surface area contributed by atoms with Crippen molar-refractivity contribution >= 4 is 21.6 Å². The van der Waals surface area contributed by atoms with Gasteiger partial charge in [-0.1, -0.05) is 46.6 Å². The number of rotatable bonds is 2. The molecule has 0 amide bonds. The van der Waals surface area contributed by atoms with E-state index in [4.69, 9.17) is 4.74 Å². The first-order valence-electron chi connectivity index (χ1n) is 4.52. The van der Waals surface area contributed by atoms with Crippen LogP contribution in [0.3, 0.4) is 0 Å². The van der Waals surface area contributed by atoms with E-state index in [1.807, 2.05) is 27.7 Å². The van der Waals surface area contributed by atoms with Crippen molar-refractivity contribution < 1.29 is 61.2 Å². The van der Waals surface area contributed by atoms with Gasteiger partial charge in [0.1, 0.15) is 0 Å². The molecule has 0 spiro atoms. The van der Waals surface area contributed by atoms with Crippen molar-refractivity contribution in [2.45, 2.75) is 39.9 Å². The summed E-state index contributed by atoms with van der Waals surface area (Å²) in [4.78, 5) is 0. The molecule has 0 saturated heterocycles. The predicted octanol–water partition coefficient (Wildman–Crippen LogP) is -0.593. The van der Waals surface area contributed by atoms with E-state index < -0.39 is 0 Å². The summed E-state index contributed by atoms with van der Waals surface area (Å²) < 4.78 is 5.45. The Bertz CT molecular complexity index is 163. The number of hydrogen-bond donors (Lipinski definition) is 0. The number of ether oxygens (including phenoxy) is 1.